The number of anilines is 1. The van der Waals surface area contributed by atoms with Crippen LogP contribution in [-0.4, -0.2) is 19.6 Å². The Hall–Kier alpha value is -1.55. The van der Waals surface area contributed by atoms with Crippen molar-refractivity contribution >= 4 is 11.7 Å². The summed E-state index contributed by atoms with van der Waals surface area (Å²) in [6.07, 6.45) is 4.91. The normalized spacial score (nSPS) is 17.7. The molecule has 1 aliphatic rings. The van der Waals surface area contributed by atoms with Crippen molar-refractivity contribution in [2.24, 2.45) is 5.41 Å². The molecule has 0 aromatic heterocycles. The summed E-state index contributed by atoms with van der Waals surface area (Å²) in [7, 11) is 1.94. The number of carbonyl (C=O) groups excluding carboxylic acids is 1. The molecule has 2 amide bonds. The van der Waals surface area contributed by atoms with Gasteiger partial charge in [0.1, 0.15) is 0 Å². The summed E-state index contributed by atoms with van der Waals surface area (Å²) in [6, 6.07) is 8.18. The van der Waals surface area contributed by atoms with Crippen LogP contribution in [-0.2, 0) is 0 Å². The second-order valence-electron chi connectivity index (χ2n) is 6.15. The molecule has 1 fully saturated rings. The zero-order valence-corrected chi connectivity index (χ0v) is 13.3. The minimum absolute atomic E-state index is 0.107. The van der Waals surface area contributed by atoms with E-state index in [9.17, 15) is 4.79 Å². The molecule has 21 heavy (non-hydrogen) atoms. The Balaban J connectivity index is 1.82. The van der Waals surface area contributed by atoms with Crippen molar-refractivity contribution in [2.75, 3.05) is 18.9 Å². The molecule has 0 radical (unpaired) electrons. The quantitative estimate of drug-likeness (QED) is 0.748. The summed E-state index contributed by atoms with van der Waals surface area (Å²) >= 11 is 0. The smallest absolute Gasteiger partial charge is 0.319 e. The number of rotatable bonds is 6. The van der Waals surface area contributed by atoms with E-state index in [1.54, 1.807) is 0 Å². The van der Waals surface area contributed by atoms with E-state index in [0.29, 0.717) is 11.5 Å². The summed E-state index contributed by atoms with van der Waals surface area (Å²) < 4.78 is 0. The lowest BCUT2D eigenvalue weighted by Gasteiger charge is -2.41. The molecule has 1 unspecified atom stereocenters. The number of benzene rings is 1. The SMILES string of the molecule is CCC1(CNC(=O)Nc2ccc(C(C)NC)cc2)CCC1. The van der Waals surface area contributed by atoms with Gasteiger partial charge in [-0.15, -0.1) is 0 Å². The Morgan fingerprint density at radius 2 is 1.95 bits per heavy atom. The van der Waals surface area contributed by atoms with Crippen LogP contribution in [0.1, 0.15) is 51.1 Å². The highest BCUT2D eigenvalue weighted by Gasteiger charge is 2.35. The van der Waals surface area contributed by atoms with Gasteiger partial charge in [-0.05, 0) is 56.3 Å². The predicted molar refractivity (Wildman–Crippen MR) is 87.5 cm³/mol. The van der Waals surface area contributed by atoms with E-state index in [1.807, 2.05) is 31.3 Å². The number of hydrogen-bond donors (Lipinski definition) is 3. The molecule has 2 rings (SSSR count). The van der Waals surface area contributed by atoms with Crippen LogP contribution in [0.4, 0.5) is 10.5 Å². The van der Waals surface area contributed by atoms with Crippen molar-refractivity contribution in [1.29, 1.82) is 0 Å². The van der Waals surface area contributed by atoms with Crippen LogP contribution in [0.2, 0.25) is 0 Å². The highest BCUT2D eigenvalue weighted by atomic mass is 16.2. The van der Waals surface area contributed by atoms with Crippen molar-refractivity contribution in [3.8, 4) is 0 Å². The first-order valence-corrected chi connectivity index (χ1v) is 7.91. The summed E-state index contributed by atoms with van der Waals surface area (Å²) in [5.74, 6) is 0. The fraction of sp³-hybridized carbons (Fsp3) is 0.588. The van der Waals surface area contributed by atoms with Crippen molar-refractivity contribution in [3.63, 3.8) is 0 Å². The minimum Gasteiger partial charge on any atom is -0.337 e. The van der Waals surface area contributed by atoms with E-state index in [-0.39, 0.29) is 6.03 Å². The van der Waals surface area contributed by atoms with Gasteiger partial charge in [0, 0.05) is 18.3 Å². The van der Waals surface area contributed by atoms with Crippen LogP contribution in [0.15, 0.2) is 24.3 Å². The zero-order valence-electron chi connectivity index (χ0n) is 13.3. The molecule has 4 nitrogen and oxygen atoms in total. The standard InChI is InChI=1S/C17H27N3O/c1-4-17(10-5-11-17)12-19-16(21)20-15-8-6-14(7-9-15)13(2)18-3/h6-9,13,18H,4-5,10-12H2,1-3H3,(H2,19,20,21). The summed E-state index contributed by atoms with van der Waals surface area (Å²) in [5, 5.41) is 9.11. The van der Waals surface area contributed by atoms with Crippen LogP contribution in [0.3, 0.4) is 0 Å². The Labute approximate surface area is 127 Å². The molecule has 1 aromatic carbocycles. The molecule has 3 N–H and O–H groups in total. The van der Waals surface area contributed by atoms with E-state index < -0.39 is 0 Å². The van der Waals surface area contributed by atoms with E-state index in [2.05, 4.69) is 29.8 Å². The fourth-order valence-electron chi connectivity index (χ4n) is 2.80. The number of carbonyl (C=O) groups is 1. The molecule has 1 aliphatic carbocycles. The Kier molecular flexibility index (Phi) is 5.23. The number of hydrogen-bond acceptors (Lipinski definition) is 2. The molecule has 0 bridgehead atoms. The van der Waals surface area contributed by atoms with Crippen LogP contribution < -0.4 is 16.0 Å². The number of nitrogens with one attached hydrogen (secondary N) is 3. The molecule has 4 heteroatoms. The molecule has 0 aliphatic heterocycles. The Morgan fingerprint density at radius 3 is 2.43 bits per heavy atom. The summed E-state index contributed by atoms with van der Waals surface area (Å²) in [5.41, 5.74) is 2.39. The van der Waals surface area contributed by atoms with Gasteiger partial charge in [0.15, 0.2) is 0 Å². The first kappa shape index (κ1) is 15.8. The lowest BCUT2D eigenvalue weighted by Crippen LogP contribution is -2.43. The zero-order chi connectivity index (χ0) is 15.3. The molecule has 0 spiro atoms. The Bertz CT molecular complexity index is 460. The van der Waals surface area contributed by atoms with Crippen molar-refractivity contribution in [2.45, 2.75) is 45.6 Å². The van der Waals surface area contributed by atoms with Gasteiger partial charge in [-0.1, -0.05) is 25.5 Å². The first-order chi connectivity index (χ1) is 10.1. The minimum atomic E-state index is -0.107. The largest absolute Gasteiger partial charge is 0.337 e. The highest BCUT2D eigenvalue weighted by Crippen LogP contribution is 2.42. The summed E-state index contributed by atoms with van der Waals surface area (Å²) in [4.78, 5) is 12.0. The van der Waals surface area contributed by atoms with Crippen molar-refractivity contribution < 1.29 is 4.79 Å². The molecule has 0 saturated heterocycles. The monoisotopic (exact) mass is 289 g/mol. The third kappa shape index (κ3) is 3.97. The van der Waals surface area contributed by atoms with E-state index in [4.69, 9.17) is 0 Å². The molecule has 1 aromatic rings. The van der Waals surface area contributed by atoms with Crippen LogP contribution in [0, 0.1) is 5.41 Å². The number of amides is 2. The highest BCUT2D eigenvalue weighted by molar-refractivity contribution is 5.89. The second-order valence-corrected chi connectivity index (χ2v) is 6.15. The first-order valence-electron chi connectivity index (χ1n) is 7.91. The topological polar surface area (TPSA) is 53.2 Å². The molecular weight excluding hydrogens is 262 g/mol. The predicted octanol–water partition coefficient (Wildman–Crippen LogP) is 3.67. The maximum absolute atomic E-state index is 12.0. The van der Waals surface area contributed by atoms with Gasteiger partial charge >= 0.3 is 6.03 Å². The lowest BCUT2D eigenvalue weighted by atomic mass is 9.67. The fourth-order valence-corrected chi connectivity index (χ4v) is 2.80. The van der Waals surface area contributed by atoms with Gasteiger partial charge in [0.25, 0.3) is 0 Å². The third-order valence-electron chi connectivity index (χ3n) is 4.89. The lowest BCUT2D eigenvalue weighted by molar-refractivity contribution is 0.127. The maximum atomic E-state index is 12.0. The molecule has 1 atom stereocenters. The molecule has 1 saturated carbocycles. The molecular formula is C17H27N3O. The van der Waals surface area contributed by atoms with Crippen LogP contribution in [0.5, 0.6) is 0 Å². The van der Waals surface area contributed by atoms with Gasteiger partial charge in [-0.25, -0.2) is 4.79 Å². The second kappa shape index (κ2) is 6.94. The third-order valence-corrected chi connectivity index (χ3v) is 4.89. The van der Waals surface area contributed by atoms with Crippen molar-refractivity contribution in [1.82, 2.24) is 10.6 Å². The van der Waals surface area contributed by atoms with Crippen LogP contribution in [0.25, 0.3) is 0 Å². The van der Waals surface area contributed by atoms with Gasteiger partial charge in [0.05, 0.1) is 0 Å². The molecule has 0 heterocycles. The van der Waals surface area contributed by atoms with Crippen molar-refractivity contribution in [3.05, 3.63) is 29.8 Å². The van der Waals surface area contributed by atoms with Gasteiger partial charge in [0.2, 0.25) is 0 Å². The van der Waals surface area contributed by atoms with Gasteiger partial charge in [-0.2, -0.15) is 0 Å². The van der Waals surface area contributed by atoms with Gasteiger partial charge < -0.3 is 16.0 Å². The average molecular weight is 289 g/mol. The van der Waals surface area contributed by atoms with Gasteiger partial charge in [-0.3, -0.25) is 0 Å². The molecule has 116 valence electrons. The van der Waals surface area contributed by atoms with E-state index >= 15 is 0 Å². The van der Waals surface area contributed by atoms with E-state index in [0.717, 1.165) is 18.7 Å². The van der Waals surface area contributed by atoms with E-state index in [1.165, 1.54) is 24.8 Å². The Morgan fingerprint density at radius 1 is 1.29 bits per heavy atom. The van der Waals surface area contributed by atoms with Crippen LogP contribution >= 0.6 is 0 Å². The average Bonchev–Trinajstić information content (AvgIpc) is 2.46. The number of urea groups is 1. The maximum Gasteiger partial charge on any atom is 0.319 e. The summed E-state index contributed by atoms with van der Waals surface area (Å²) in [6.45, 7) is 5.10.